The van der Waals surface area contributed by atoms with E-state index in [1.165, 1.54) is 23.9 Å². The van der Waals surface area contributed by atoms with E-state index in [1.54, 1.807) is 22.5 Å². The predicted molar refractivity (Wildman–Crippen MR) is 127 cm³/mol. The van der Waals surface area contributed by atoms with E-state index in [2.05, 4.69) is 26.9 Å². The van der Waals surface area contributed by atoms with Gasteiger partial charge in [0.25, 0.3) is 0 Å². The number of piperidine rings is 1. The number of aromatic nitrogens is 1. The van der Waals surface area contributed by atoms with E-state index in [-0.39, 0.29) is 0 Å². The summed E-state index contributed by atoms with van der Waals surface area (Å²) in [4.78, 5) is 8.94. The van der Waals surface area contributed by atoms with Crippen LogP contribution in [0.3, 0.4) is 0 Å². The van der Waals surface area contributed by atoms with Gasteiger partial charge in [-0.1, -0.05) is 23.7 Å². The van der Waals surface area contributed by atoms with Gasteiger partial charge in [-0.3, -0.25) is 4.98 Å². The molecule has 6 nitrogen and oxygen atoms in total. The van der Waals surface area contributed by atoms with Crippen LogP contribution in [0, 0.1) is 5.92 Å². The Morgan fingerprint density at radius 3 is 2.23 bits per heavy atom. The number of rotatable bonds is 6. The SMILES string of the molecule is O=S(=O)(/C=C/c1ccc(Cl)cc1)N1CCN(CC2CCN(c3ccncc3)CC2)CC1. The van der Waals surface area contributed by atoms with Crippen LogP contribution in [0.15, 0.2) is 54.2 Å². The third-order valence-electron chi connectivity index (χ3n) is 6.15. The molecule has 8 heteroatoms. The maximum atomic E-state index is 12.7. The molecule has 2 fully saturated rings. The van der Waals surface area contributed by atoms with Crippen molar-refractivity contribution in [2.75, 3.05) is 50.7 Å². The molecule has 0 N–H and O–H groups in total. The topological polar surface area (TPSA) is 56.8 Å². The number of hydrogen-bond acceptors (Lipinski definition) is 5. The number of pyridine rings is 1. The average molecular weight is 461 g/mol. The first kappa shape index (κ1) is 22.3. The molecule has 1 aromatic heterocycles. The van der Waals surface area contributed by atoms with Gasteiger partial charge in [-0.2, -0.15) is 4.31 Å². The van der Waals surface area contributed by atoms with Gasteiger partial charge in [-0.15, -0.1) is 0 Å². The van der Waals surface area contributed by atoms with E-state index in [4.69, 9.17) is 11.6 Å². The Hall–Kier alpha value is -1.93. The Balaban J connectivity index is 1.23. The first-order valence-electron chi connectivity index (χ1n) is 10.8. The first-order chi connectivity index (χ1) is 15.0. The van der Waals surface area contributed by atoms with Gasteiger partial charge in [0.05, 0.1) is 0 Å². The molecule has 3 heterocycles. The maximum absolute atomic E-state index is 12.7. The second kappa shape index (κ2) is 10.1. The van der Waals surface area contributed by atoms with Crippen molar-refractivity contribution >= 4 is 33.4 Å². The minimum Gasteiger partial charge on any atom is -0.371 e. The fraction of sp³-hybridized carbons (Fsp3) is 0.435. The summed E-state index contributed by atoms with van der Waals surface area (Å²) in [6, 6.07) is 11.3. The highest BCUT2D eigenvalue weighted by Gasteiger charge is 2.27. The Labute approximate surface area is 190 Å². The normalized spacial score (nSPS) is 19.8. The molecule has 4 rings (SSSR count). The molecule has 1 aromatic carbocycles. The van der Waals surface area contributed by atoms with Crippen LogP contribution in [0.5, 0.6) is 0 Å². The largest absolute Gasteiger partial charge is 0.371 e. The van der Waals surface area contributed by atoms with Gasteiger partial charge < -0.3 is 9.80 Å². The van der Waals surface area contributed by atoms with E-state index in [0.29, 0.717) is 24.0 Å². The van der Waals surface area contributed by atoms with Crippen LogP contribution in [0.4, 0.5) is 5.69 Å². The van der Waals surface area contributed by atoms with E-state index in [9.17, 15) is 8.42 Å². The van der Waals surface area contributed by atoms with Crippen molar-refractivity contribution in [3.63, 3.8) is 0 Å². The molecule has 2 aliphatic rings. The first-order valence-corrected chi connectivity index (χ1v) is 12.7. The van der Waals surface area contributed by atoms with Crippen molar-refractivity contribution in [1.82, 2.24) is 14.2 Å². The molecule has 2 aromatic rings. The molecule has 0 saturated carbocycles. The van der Waals surface area contributed by atoms with Crippen LogP contribution in [-0.4, -0.2) is 68.4 Å². The molecule has 0 radical (unpaired) electrons. The molecule has 2 aliphatic heterocycles. The molecule has 0 spiro atoms. The summed E-state index contributed by atoms with van der Waals surface area (Å²) in [5.74, 6) is 0.672. The van der Waals surface area contributed by atoms with Crippen molar-refractivity contribution in [1.29, 1.82) is 0 Å². The molecule has 0 atom stereocenters. The maximum Gasteiger partial charge on any atom is 0.236 e. The third kappa shape index (κ3) is 6.07. The van der Waals surface area contributed by atoms with Gasteiger partial charge in [0.15, 0.2) is 0 Å². The minimum absolute atomic E-state index is 0.545. The highest BCUT2D eigenvalue weighted by atomic mass is 35.5. The van der Waals surface area contributed by atoms with Gasteiger partial charge in [0.2, 0.25) is 10.0 Å². The number of halogens is 1. The number of nitrogens with zero attached hydrogens (tertiary/aromatic N) is 4. The summed E-state index contributed by atoms with van der Waals surface area (Å²) in [6.07, 6.45) is 7.67. The van der Waals surface area contributed by atoms with Crippen molar-refractivity contribution in [3.05, 3.63) is 64.8 Å². The lowest BCUT2D eigenvalue weighted by Crippen LogP contribution is -2.50. The van der Waals surface area contributed by atoms with Crippen LogP contribution in [0.1, 0.15) is 18.4 Å². The van der Waals surface area contributed by atoms with Crippen LogP contribution >= 0.6 is 11.6 Å². The minimum atomic E-state index is -3.40. The molecular formula is C23H29ClN4O2S. The van der Waals surface area contributed by atoms with E-state index in [0.717, 1.165) is 38.3 Å². The molecule has 0 aliphatic carbocycles. The summed E-state index contributed by atoms with van der Waals surface area (Å²) in [5.41, 5.74) is 2.07. The molecule has 31 heavy (non-hydrogen) atoms. The molecule has 2 saturated heterocycles. The quantitative estimate of drug-likeness (QED) is 0.659. The second-order valence-electron chi connectivity index (χ2n) is 8.23. The number of hydrogen-bond donors (Lipinski definition) is 0. The molecule has 0 amide bonds. The smallest absolute Gasteiger partial charge is 0.236 e. The van der Waals surface area contributed by atoms with Crippen molar-refractivity contribution < 1.29 is 8.42 Å². The number of piperazine rings is 1. The summed E-state index contributed by atoms with van der Waals surface area (Å²) in [6.45, 7) is 5.86. The van der Waals surface area contributed by atoms with Gasteiger partial charge in [0, 0.05) is 74.3 Å². The van der Waals surface area contributed by atoms with Crippen LogP contribution in [-0.2, 0) is 10.0 Å². The van der Waals surface area contributed by atoms with Crippen molar-refractivity contribution in [2.45, 2.75) is 12.8 Å². The summed E-state index contributed by atoms with van der Waals surface area (Å²) in [5, 5.41) is 1.94. The fourth-order valence-electron chi connectivity index (χ4n) is 4.28. The summed E-state index contributed by atoms with van der Waals surface area (Å²) >= 11 is 5.88. The summed E-state index contributed by atoms with van der Waals surface area (Å²) in [7, 11) is -3.40. The van der Waals surface area contributed by atoms with Crippen LogP contribution in [0.2, 0.25) is 5.02 Å². The number of sulfonamides is 1. The fourth-order valence-corrected chi connectivity index (χ4v) is 5.58. The third-order valence-corrected chi connectivity index (χ3v) is 7.97. The molecule has 0 unspecified atom stereocenters. The lowest BCUT2D eigenvalue weighted by Gasteiger charge is -2.38. The van der Waals surface area contributed by atoms with Gasteiger partial charge in [0.1, 0.15) is 0 Å². The van der Waals surface area contributed by atoms with Crippen LogP contribution in [0.25, 0.3) is 6.08 Å². The van der Waals surface area contributed by atoms with E-state index in [1.807, 2.05) is 24.5 Å². The second-order valence-corrected chi connectivity index (χ2v) is 10.5. The Morgan fingerprint density at radius 1 is 0.935 bits per heavy atom. The zero-order valence-corrected chi connectivity index (χ0v) is 19.2. The molecule has 0 bridgehead atoms. The molecular weight excluding hydrogens is 432 g/mol. The lowest BCUT2D eigenvalue weighted by atomic mass is 9.95. The number of anilines is 1. The number of benzene rings is 1. The Bertz CT molecular complexity index is 966. The predicted octanol–water partition coefficient (Wildman–Crippen LogP) is 3.57. The lowest BCUT2D eigenvalue weighted by molar-refractivity contribution is 0.156. The monoisotopic (exact) mass is 460 g/mol. The van der Waals surface area contributed by atoms with Crippen LogP contribution < -0.4 is 4.90 Å². The zero-order valence-electron chi connectivity index (χ0n) is 17.6. The van der Waals surface area contributed by atoms with E-state index >= 15 is 0 Å². The van der Waals surface area contributed by atoms with E-state index < -0.39 is 10.0 Å². The zero-order chi connectivity index (χ0) is 21.7. The van der Waals surface area contributed by atoms with Gasteiger partial charge >= 0.3 is 0 Å². The molecule has 166 valence electrons. The Morgan fingerprint density at radius 2 is 1.58 bits per heavy atom. The van der Waals surface area contributed by atoms with Crippen molar-refractivity contribution in [3.8, 4) is 0 Å². The Kier molecular flexibility index (Phi) is 7.27. The summed E-state index contributed by atoms with van der Waals surface area (Å²) < 4.78 is 26.9. The standard InChI is InChI=1S/C23H29ClN4O2S/c24-22-3-1-20(2-4-22)9-18-31(29,30)28-16-14-26(15-17-28)19-21-7-12-27(13-8-21)23-5-10-25-11-6-23/h1-6,9-11,18,21H,7-8,12-17,19H2/b18-9+. The van der Waals surface area contributed by atoms with Crippen molar-refractivity contribution in [2.24, 2.45) is 5.92 Å². The van der Waals surface area contributed by atoms with Gasteiger partial charge in [-0.05, 0) is 54.7 Å². The highest BCUT2D eigenvalue weighted by Crippen LogP contribution is 2.24. The highest BCUT2D eigenvalue weighted by molar-refractivity contribution is 7.92. The average Bonchev–Trinajstić information content (AvgIpc) is 2.80. The van der Waals surface area contributed by atoms with Gasteiger partial charge in [-0.25, -0.2) is 8.42 Å².